The van der Waals surface area contributed by atoms with E-state index >= 15 is 0 Å². The van der Waals surface area contributed by atoms with Crippen LogP contribution in [0.5, 0.6) is 0 Å². The summed E-state index contributed by atoms with van der Waals surface area (Å²) in [5.74, 6) is -0.385. The highest BCUT2D eigenvalue weighted by Crippen LogP contribution is 2.27. The zero-order valence-corrected chi connectivity index (χ0v) is 15.3. The molecule has 0 fully saturated rings. The Hall–Kier alpha value is -0.860. The van der Waals surface area contributed by atoms with E-state index in [-0.39, 0.29) is 33.9 Å². The van der Waals surface area contributed by atoms with Crippen LogP contribution in [0.3, 0.4) is 0 Å². The molecule has 0 aliphatic carbocycles. The van der Waals surface area contributed by atoms with Crippen molar-refractivity contribution in [1.29, 1.82) is 0 Å². The molecule has 1 aromatic rings. The molecule has 0 atom stereocenters. The van der Waals surface area contributed by atoms with Crippen molar-refractivity contribution in [2.75, 3.05) is 33.4 Å². The Balaban J connectivity index is 2.83. The highest BCUT2D eigenvalue weighted by Gasteiger charge is 2.27. The minimum Gasteiger partial charge on any atom is -0.385 e. The van der Waals surface area contributed by atoms with Crippen molar-refractivity contribution in [3.63, 3.8) is 0 Å². The van der Waals surface area contributed by atoms with Gasteiger partial charge in [-0.15, -0.1) is 0 Å². The highest BCUT2D eigenvalue weighted by atomic mass is 35.5. The largest absolute Gasteiger partial charge is 0.385 e. The van der Waals surface area contributed by atoms with Crippen LogP contribution in [0.4, 0.5) is 0 Å². The van der Waals surface area contributed by atoms with Crippen molar-refractivity contribution in [2.24, 2.45) is 0 Å². The molecule has 0 aliphatic heterocycles. The molecule has 130 valence electrons. The number of hydrogen-bond acceptors (Lipinski definition) is 4. The first kappa shape index (κ1) is 20.2. The molecule has 0 aromatic heterocycles. The zero-order valence-electron chi connectivity index (χ0n) is 13.0. The summed E-state index contributed by atoms with van der Waals surface area (Å²) >= 11 is 11.8. The number of halogens is 2. The number of amides is 1. The molecule has 0 unspecified atom stereocenters. The molecule has 0 saturated heterocycles. The fraction of sp³-hybridized carbons (Fsp3) is 0.500. The van der Waals surface area contributed by atoms with Gasteiger partial charge in [-0.25, -0.2) is 8.42 Å². The van der Waals surface area contributed by atoms with Gasteiger partial charge in [0.15, 0.2) is 0 Å². The lowest BCUT2D eigenvalue weighted by Gasteiger charge is -2.20. The second-order valence-electron chi connectivity index (χ2n) is 4.70. The fourth-order valence-electron chi connectivity index (χ4n) is 1.84. The fourth-order valence-corrected chi connectivity index (χ4v) is 3.98. The first-order valence-corrected chi connectivity index (χ1v) is 9.23. The summed E-state index contributed by atoms with van der Waals surface area (Å²) in [5.41, 5.74) is 0. The SMILES string of the molecule is CCN(CC(=O)NCCCOC)S(=O)(=O)c1cc(Cl)ccc1Cl. The number of carbonyl (C=O) groups is 1. The van der Waals surface area contributed by atoms with Gasteiger partial charge in [0, 0.05) is 31.8 Å². The molecule has 0 aliphatic rings. The summed E-state index contributed by atoms with van der Waals surface area (Å²) < 4.78 is 31.2. The Morgan fingerprint density at radius 1 is 1.35 bits per heavy atom. The number of benzene rings is 1. The van der Waals surface area contributed by atoms with Crippen molar-refractivity contribution in [3.05, 3.63) is 28.2 Å². The van der Waals surface area contributed by atoms with Gasteiger partial charge < -0.3 is 10.1 Å². The van der Waals surface area contributed by atoms with Gasteiger partial charge in [0.1, 0.15) is 4.90 Å². The molecule has 1 amide bonds. The van der Waals surface area contributed by atoms with E-state index in [1.165, 1.54) is 18.2 Å². The van der Waals surface area contributed by atoms with E-state index in [0.29, 0.717) is 19.6 Å². The first-order valence-electron chi connectivity index (χ1n) is 7.03. The summed E-state index contributed by atoms with van der Waals surface area (Å²) in [5, 5.41) is 2.97. The van der Waals surface area contributed by atoms with Crippen LogP contribution in [0.25, 0.3) is 0 Å². The topological polar surface area (TPSA) is 75.7 Å². The number of ether oxygens (including phenoxy) is 1. The molecular weight excluding hydrogens is 363 g/mol. The highest BCUT2D eigenvalue weighted by molar-refractivity contribution is 7.89. The van der Waals surface area contributed by atoms with Crippen molar-refractivity contribution in [3.8, 4) is 0 Å². The van der Waals surface area contributed by atoms with E-state index in [2.05, 4.69) is 5.32 Å². The summed E-state index contributed by atoms with van der Waals surface area (Å²) in [6, 6.07) is 4.19. The third-order valence-corrected chi connectivity index (χ3v) is 5.67. The number of hydrogen-bond donors (Lipinski definition) is 1. The van der Waals surface area contributed by atoms with Gasteiger partial charge in [0.05, 0.1) is 11.6 Å². The smallest absolute Gasteiger partial charge is 0.245 e. The number of carbonyl (C=O) groups excluding carboxylic acids is 1. The molecule has 0 bridgehead atoms. The minimum absolute atomic E-state index is 0.0633. The van der Waals surface area contributed by atoms with Crippen LogP contribution in [0.1, 0.15) is 13.3 Å². The number of nitrogens with one attached hydrogen (secondary N) is 1. The lowest BCUT2D eigenvalue weighted by atomic mass is 10.4. The van der Waals surface area contributed by atoms with E-state index in [4.69, 9.17) is 27.9 Å². The maximum absolute atomic E-state index is 12.6. The van der Waals surface area contributed by atoms with Crippen LogP contribution in [-0.2, 0) is 19.6 Å². The average molecular weight is 383 g/mol. The van der Waals surface area contributed by atoms with Gasteiger partial charge in [-0.05, 0) is 24.6 Å². The van der Waals surface area contributed by atoms with Gasteiger partial charge in [-0.2, -0.15) is 4.31 Å². The van der Waals surface area contributed by atoms with E-state index in [0.717, 1.165) is 4.31 Å². The molecular formula is C14H20Cl2N2O4S. The van der Waals surface area contributed by atoms with Crippen molar-refractivity contribution < 1.29 is 17.9 Å². The molecule has 0 radical (unpaired) electrons. The van der Waals surface area contributed by atoms with E-state index in [9.17, 15) is 13.2 Å². The van der Waals surface area contributed by atoms with Crippen LogP contribution in [0.15, 0.2) is 23.1 Å². The molecule has 0 saturated carbocycles. The molecule has 6 nitrogen and oxygen atoms in total. The van der Waals surface area contributed by atoms with Crippen LogP contribution < -0.4 is 5.32 Å². The van der Waals surface area contributed by atoms with Crippen molar-refractivity contribution >= 4 is 39.1 Å². The van der Waals surface area contributed by atoms with Crippen LogP contribution in [0.2, 0.25) is 10.0 Å². The average Bonchev–Trinajstić information content (AvgIpc) is 2.51. The molecule has 0 heterocycles. The predicted molar refractivity (Wildman–Crippen MR) is 90.4 cm³/mol. The van der Waals surface area contributed by atoms with E-state index in [1.54, 1.807) is 14.0 Å². The van der Waals surface area contributed by atoms with Crippen molar-refractivity contribution in [1.82, 2.24) is 9.62 Å². The lowest BCUT2D eigenvalue weighted by molar-refractivity contribution is -0.121. The Kier molecular flexibility index (Phi) is 8.28. The third-order valence-electron chi connectivity index (χ3n) is 3.03. The number of likely N-dealkylation sites (N-methyl/N-ethyl adjacent to an activating group) is 1. The second-order valence-corrected chi connectivity index (χ2v) is 7.45. The minimum atomic E-state index is -3.90. The van der Waals surface area contributed by atoms with Gasteiger partial charge in [-0.3, -0.25) is 4.79 Å². The Morgan fingerprint density at radius 3 is 2.65 bits per heavy atom. The standard InChI is InChI=1S/C14H20Cl2N2O4S/c1-3-18(10-14(19)17-7-4-8-22-2)23(20,21)13-9-11(15)5-6-12(13)16/h5-6,9H,3-4,7-8,10H2,1-2H3,(H,17,19). The summed E-state index contributed by atoms with van der Waals surface area (Å²) in [6.07, 6.45) is 0.654. The van der Waals surface area contributed by atoms with E-state index < -0.39 is 10.0 Å². The third kappa shape index (κ3) is 5.93. The number of methoxy groups -OCH3 is 1. The van der Waals surface area contributed by atoms with Gasteiger partial charge in [0.2, 0.25) is 15.9 Å². The van der Waals surface area contributed by atoms with E-state index in [1.807, 2.05) is 0 Å². The summed E-state index contributed by atoms with van der Waals surface area (Å²) in [4.78, 5) is 11.8. The van der Waals surface area contributed by atoms with Crippen LogP contribution in [-0.4, -0.2) is 52.0 Å². The maximum Gasteiger partial charge on any atom is 0.245 e. The monoisotopic (exact) mass is 382 g/mol. The second kappa shape index (κ2) is 9.44. The first-order chi connectivity index (χ1) is 10.8. The van der Waals surface area contributed by atoms with Crippen molar-refractivity contribution in [2.45, 2.75) is 18.2 Å². The molecule has 23 heavy (non-hydrogen) atoms. The number of sulfonamides is 1. The molecule has 9 heteroatoms. The molecule has 1 N–H and O–H groups in total. The lowest BCUT2D eigenvalue weighted by Crippen LogP contribution is -2.41. The Labute approximate surface area is 146 Å². The number of nitrogens with zero attached hydrogens (tertiary/aromatic N) is 1. The normalized spacial score (nSPS) is 11.7. The quantitative estimate of drug-likeness (QED) is 0.663. The Bertz CT molecular complexity index is 638. The molecule has 0 spiro atoms. The molecule has 1 rings (SSSR count). The van der Waals surface area contributed by atoms with Gasteiger partial charge in [0.25, 0.3) is 0 Å². The molecule has 1 aromatic carbocycles. The number of rotatable bonds is 9. The predicted octanol–water partition coefficient (Wildman–Crippen LogP) is 2.16. The van der Waals surface area contributed by atoms with Crippen LogP contribution in [0, 0.1) is 0 Å². The van der Waals surface area contributed by atoms with Crippen LogP contribution >= 0.6 is 23.2 Å². The summed E-state index contributed by atoms with van der Waals surface area (Å²) in [6.45, 7) is 2.44. The van der Waals surface area contributed by atoms with Gasteiger partial charge in [-0.1, -0.05) is 30.1 Å². The van der Waals surface area contributed by atoms with Gasteiger partial charge >= 0.3 is 0 Å². The zero-order chi connectivity index (χ0) is 17.5. The maximum atomic E-state index is 12.6. The Morgan fingerprint density at radius 2 is 2.04 bits per heavy atom. The summed E-state index contributed by atoms with van der Waals surface area (Å²) in [7, 11) is -2.33.